The van der Waals surface area contributed by atoms with E-state index in [0.717, 1.165) is 11.1 Å². The number of carbonyl (C=O) groups excluding carboxylic acids is 2. The van der Waals surface area contributed by atoms with Gasteiger partial charge < -0.3 is 14.8 Å². The lowest BCUT2D eigenvalue weighted by Gasteiger charge is -2.08. The van der Waals surface area contributed by atoms with Gasteiger partial charge in [-0.3, -0.25) is 4.79 Å². The molecule has 3 rings (SSSR count). The van der Waals surface area contributed by atoms with E-state index < -0.39 is 5.97 Å². The van der Waals surface area contributed by atoms with Gasteiger partial charge in [-0.2, -0.15) is 0 Å². The second-order valence-corrected chi connectivity index (χ2v) is 5.51. The second kappa shape index (κ2) is 7.65. The first-order valence-corrected chi connectivity index (χ1v) is 8.14. The molecule has 132 valence electrons. The molecule has 1 aromatic heterocycles. The van der Waals surface area contributed by atoms with Gasteiger partial charge in [0.25, 0.3) is 5.91 Å². The Kier molecular flexibility index (Phi) is 5.12. The number of anilines is 1. The van der Waals surface area contributed by atoms with Gasteiger partial charge in [0.15, 0.2) is 0 Å². The molecule has 0 unspecified atom stereocenters. The summed E-state index contributed by atoms with van der Waals surface area (Å²) in [6.07, 6.45) is 0. The smallest absolute Gasteiger partial charge is 0.338 e. The molecule has 1 heterocycles. The third-order valence-corrected chi connectivity index (χ3v) is 3.76. The Hall–Kier alpha value is -3.41. The fourth-order valence-corrected chi connectivity index (χ4v) is 2.49. The van der Waals surface area contributed by atoms with Crippen LogP contribution in [0.15, 0.2) is 54.6 Å². The molecule has 26 heavy (non-hydrogen) atoms. The van der Waals surface area contributed by atoms with E-state index in [4.69, 9.17) is 9.47 Å². The molecular weight excluding hydrogens is 332 g/mol. The van der Waals surface area contributed by atoms with Crippen LogP contribution in [-0.4, -0.2) is 30.6 Å². The van der Waals surface area contributed by atoms with Crippen LogP contribution < -0.4 is 10.1 Å². The van der Waals surface area contributed by atoms with E-state index in [0.29, 0.717) is 23.4 Å². The molecule has 1 N–H and O–H groups in total. The van der Waals surface area contributed by atoms with Crippen LogP contribution in [0.1, 0.15) is 27.8 Å². The maximum absolute atomic E-state index is 12.5. The van der Waals surface area contributed by atoms with E-state index in [1.165, 1.54) is 0 Å². The maximum Gasteiger partial charge on any atom is 0.338 e. The van der Waals surface area contributed by atoms with Crippen LogP contribution in [0.2, 0.25) is 0 Å². The molecule has 0 aliphatic carbocycles. The molecule has 6 nitrogen and oxygen atoms in total. The normalized spacial score (nSPS) is 10.4. The van der Waals surface area contributed by atoms with Crippen molar-refractivity contribution >= 4 is 28.5 Å². The van der Waals surface area contributed by atoms with E-state index in [-0.39, 0.29) is 11.6 Å². The van der Waals surface area contributed by atoms with Crippen LogP contribution in [0.3, 0.4) is 0 Å². The first kappa shape index (κ1) is 17.4. The number of methoxy groups -OCH3 is 1. The van der Waals surface area contributed by atoms with Gasteiger partial charge in [-0.25, -0.2) is 9.78 Å². The predicted molar refractivity (Wildman–Crippen MR) is 98.6 cm³/mol. The summed E-state index contributed by atoms with van der Waals surface area (Å²) < 4.78 is 10.1. The van der Waals surface area contributed by atoms with Gasteiger partial charge in [0.2, 0.25) is 0 Å². The van der Waals surface area contributed by atoms with Gasteiger partial charge in [0.05, 0.1) is 24.8 Å². The number of esters is 1. The average Bonchev–Trinajstić information content (AvgIpc) is 2.67. The number of aromatic nitrogens is 1. The quantitative estimate of drug-likeness (QED) is 0.710. The summed E-state index contributed by atoms with van der Waals surface area (Å²) >= 11 is 0. The summed E-state index contributed by atoms with van der Waals surface area (Å²) in [4.78, 5) is 28.6. The van der Waals surface area contributed by atoms with E-state index in [2.05, 4.69) is 10.3 Å². The van der Waals surface area contributed by atoms with Crippen LogP contribution in [-0.2, 0) is 4.74 Å². The summed E-state index contributed by atoms with van der Waals surface area (Å²) in [5.41, 5.74) is 1.85. The zero-order valence-electron chi connectivity index (χ0n) is 14.5. The largest absolute Gasteiger partial charge is 0.497 e. The Morgan fingerprint density at radius 2 is 1.92 bits per heavy atom. The molecule has 0 atom stereocenters. The number of hydrogen-bond donors (Lipinski definition) is 1. The van der Waals surface area contributed by atoms with Crippen molar-refractivity contribution in [3.8, 4) is 5.75 Å². The lowest BCUT2D eigenvalue weighted by atomic mass is 10.1. The van der Waals surface area contributed by atoms with Gasteiger partial charge in [0, 0.05) is 11.1 Å². The molecule has 0 radical (unpaired) electrons. The maximum atomic E-state index is 12.5. The number of nitrogens with one attached hydrogen (secondary N) is 1. The Balaban J connectivity index is 1.80. The fourth-order valence-electron chi connectivity index (χ4n) is 2.49. The molecule has 6 heteroatoms. The molecule has 0 saturated carbocycles. The number of pyridine rings is 1. The Bertz CT molecular complexity index is 969. The fraction of sp³-hybridized carbons (Fsp3) is 0.150. The van der Waals surface area contributed by atoms with E-state index in [1.54, 1.807) is 56.5 Å². The number of amides is 1. The zero-order valence-corrected chi connectivity index (χ0v) is 14.5. The predicted octanol–water partition coefficient (Wildman–Crippen LogP) is 3.67. The number of carbonyl (C=O) groups is 2. The molecule has 3 aromatic rings. The van der Waals surface area contributed by atoms with Crippen molar-refractivity contribution in [3.63, 3.8) is 0 Å². The van der Waals surface area contributed by atoms with Gasteiger partial charge in [-0.05, 0) is 49.4 Å². The zero-order chi connectivity index (χ0) is 18.5. The molecule has 0 aliphatic heterocycles. The van der Waals surface area contributed by atoms with E-state index in [9.17, 15) is 9.59 Å². The number of benzene rings is 2. The second-order valence-electron chi connectivity index (χ2n) is 5.51. The van der Waals surface area contributed by atoms with Crippen molar-refractivity contribution in [1.29, 1.82) is 0 Å². The lowest BCUT2D eigenvalue weighted by molar-refractivity contribution is 0.0526. The lowest BCUT2D eigenvalue weighted by Crippen LogP contribution is -2.14. The van der Waals surface area contributed by atoms with Crippen LogP contribution in [0.5, 0.6) is 5.75 Å². The number of fused-ring (bicyclic) bond motifs is 1. The highest BCUT2D eigenvalue weighted by Gasteiger charge is 2.11. The standard InChI is InChI=1S/C20H18N2O4/c1-3-26-20(24)14-5-4-6-15(11-14)21-19(23)18-9-7-13-12-16(25-2)8-10-17(13)22-18/h4-12H,3H2,1-2H3,(H,21,23). The Morgan fingerprint density at radius 3 is 2.69 bits per heavy atom. The third-order valence-electron chi connectivity index (χ3n) is 3.76. The average molecular weight is 350 g/mol. The Morgan fingerprint density at radius 1 is 1.08 bits per heavy atom. The third kappa shape index (κ3) is 3.80. The SMILES string of the molecule is CCOC(=O)c1cccc(NC(=O)c2ccc3cc(OC)ccc3n2)c1. The summed E-state index contributed by atoms with van der Waals surface area (Å²) in [5, 5.41) is 3.63. The number of nitrogens with zero attached hydrogens (tertiary/aromatic N) is 1. The molecule has 0 saturated heterocycles. The first-order chi connectivity index (χ1) is 12.6. The van der Waals surface area contributed by atoms with Crippen LogP contribution in [0.25, 0.3) is 10.9 Å². The number of hydrogen-bond acceptors (Lipinski definition) is 5. The van der Waals surface area contributed by atoms with E-state index >= 15 is 0 Å². The number of ether oxygens (including phenoxy) is 2. The van der Waals surface area contributed by atoms with Crippen molar-refractivity contribution in [1.82, 2.24) is 4.98 Å². The molecule has 0 aliphatic rings. The van der Waals surface area contributed by atoms with Crippen molar-refractivity contribution < 1.29 is 19.1 Å². The molecule has 0 bridgehead atoms. The van der Waals surface area contributed by atoms with E-state index in [1.807, 2.05) is 12.1 Å². The molecule has 1 amide bonds. The topological polar surface area (TPSA) is 77.5 Å². The minimum absolute atomic E-state index is 0.282. The van der Waals surface area contributed by atoms with Gasteiger partial charge in [0.1, 0.15) is 11.4 Å². The summed E-state index contributed by atoms with van der Waals surface area (Å²) in [6, 6.07) is 15.5. The highest BCUT2D eigenvalue weighted by Crippen LogP contribution is 2.20. The summed E-state index contributed by atoms with van der Waals surface area (Å²) in [5.74, 6) is -0.0580. The monoisotopic (exact) mass is 350 g/mol. The van der Waals surface area contributed by atoms with Crippen LogP contribution in [0, 0.1) is 0 Å². The number of rotatable bonds is 5. The van der Waals surface area contributed by atoms with Gasteiger partial charge in [-0.1, -0.05) is 12.1 Å². The van der Waals surface area contributed by atoms with Crippen molar-refractivity contribution in [2.75, 3.05) is 19.0 Å². The molecule has 0 spiro atoms. The van der Waals surface area contributed by atoms with Crippen molar-refractivity contribution in [3.05, 3.63) is 65.9 Å². The minimum atomic E-state index is -0.429. The summed E-state index contributed by atoms with van der Waals surface area (Å²) in [7, 11) is 1.60. The minimum Gasteiger partial charge on any atom is -0.497 e. The van der Waals surface area contributed by atoms with Crippen LogP contribution >= 0.6 is 0 Å². The molecule has 2 aromatic carbocycles. The van der Waals surface area contributed by atoms with Crippen molar-refractivity contribution in [2.45, 2.75) is 6.92 Å². The Labute approximate surface area is 150 Å². The molecule has 0 fully saturated rings. The summed E-state index contributed by atoms with van der Waals surface area (Å²) in [6.45, 7) is 2.03. The van der Waals surface area contributed by atoms with Crippen molar-refractivity contribution in [2.24, 2.45) is 0 Å². The molecular formula is C20H18N2O4. The van der Waals surface area contributed by atoms with Gasteiger partial charge in [-0.15, -0.1) is 0 Å². The van der Waals surface area contributed by atoms with Crippen LogP contribution in [0.4, 0.5) is 5.69 Å². The van der Waals surface area contributed by atoms with Gasteiger partial charge >= 0.3 is 5.97 Å². The highest BCUT2D eigenvalue weighted by atomic mass is 16.5. The first-order valence-electron chi connectivity index (χ1n) is 8.14. The highest BCUT2D eigenvalue weighted by molar-refractivity contribution is 6.04.